The van der Waals surface area contributed by atoms with Crippen molar-refractivity contribution in [2.75, 3.05) is 5.32 Å². The number of carbonyl (C=O) groups excluding carboxylic acids is 2. The molecule has 2 aromatic rings. The van der Waals surface area contributed by atoms with Gasteiger partial charge in [0.25, 0.3) is 5.91 Å². The maximum atomic E-state index is 12.8. The molecule has 24 heavy (non-hydrogen) atoms. The summed E-state index contributed by atoms with van der Waals surface area (Å²) in [7, 11) is 1.79. The molecule has 1 aromatic heterocycles. The first kappa shape index (κ1) is 16.2. The minimum Gasteiger partial charge on any atom is -0.322 e. The Kier molecular flexibility index (Phi) is 4.38. The SMILES string of the molecule is CC(C)C[C@H](C(=O)Nc1cnn(C)c1)N1Cc2ccccc2C1=O. The fourth-order valence-electron chi connectivity index (χ4n) is 3.06. The summed E-state index contributed by atoms with van der Waals surface area (Å²) in [6, 6.07) is 7.04. The molecular formula is C18H22N4O2. The Bertz CT molecular complexity index is 766. The summed E-state index contributed by atoms with van der Waals surface area (Å²) in [6.07, 6.45) is 3.96. The van der Waals surface area contributed by atoms with Crippen LogP contribution in [-0.4, -0.2) is 32.5 Å². The van der Waals surface area contributed by atoms with E-state index in [4.69, 9.17) is 0 Å². The fourth-order valence-corrected chi connectivity index (χ4v) is 3.06. The molecule has 2 heterocycles. The van der Waals surface area contributed by atoms with E-state index in [-0.39, 0.29) is 11.8 Å². The van der Waals surface area contributed by atoms with Gasteiger partial charge in [0.05, 0.1) is 11.9 Å². The van der Waals surface area contributed by atoms with Gasteiger partial charge in [-0.15, -0.1) is 0 Å². The van der Waals surface area contributed by atoms with Gasteiger partial charge in [0.15, 0.2) is 0 Å². The number of nitrogens with one attached hydrogen (secondary N) is 1. The molecule has 0 bridgehead atoms. The summed E-state index contributed by atoms with van der Waals surface area (Å²) in [6.45, 7) is 4.59. The van der Waals surface area contributed by atoms with E-state index in [2.05, 4.69) is 24.3 Å². The van der Waals surface area contributed by atoms with Gasteiger partial charge in [0.1, 0.15) is 6.04 Å². The number of anilines is 1. The van der Waals surface area contributed by atoms with Crippen LogP contribution in [0.25, 0.3) is 0 Å². The zero-order valence-corrected chi connectivity index (χ0v) is 14.2. The molecule has 1 atom stereocenters. The van der Waals surface area contributed by atoms with Crippen LogP contribution in [0, 0.1) is 5.92 Å². The largest absolute Gasteiger partial charge is 0.322 e. The van der Waals surface area contributed by atoms with Crippen LogP contribution in [0.15, 0.2) is 36.7 Å². The van der Waals surface area contributed by atoms with Crippen molar-refractivity contribution in [2.24, 2.45) is 13.0 Å². The molecule has 2 amide bonds. The molecule has 1 aliphatic heterocycles. The van der Waals surface area contributed by atoms with Crippen molar-refractivity contribution in [3.8, 4) is 0 Å². The van der Waals surface area contributed by atoms with Gasteiger partial charge in [-0.1, -0.05) is 32.0 Å². The topological polar surface area (TPSA) is 67.2 Å². The molecule has 0 aliphatic carbocycles. The number of carbonyl (C=O) groups is 2. The Morgan fingerprint density at radius 3 is 2.71 bits per heavy atom. The van der Waals surface area contributed by atoms with Crippen LogP contribution in [0.1, 0.15) is 36.2 Å². The van der Waals surface area contributed by atoms with E-state index in [1.165, 1.54) is 0 Å². The van der Waals surface area contributed by atoms with Gasteiger partial charge in [-0.2, -0.15) is 5.10 Å². The number of rotatable bonds is 5. The maximum Gasteiger partial charge on any atom is 0.255 e. The first-order valence-corrected chi connectivity index (χ1v) is 8.14. The van der Waals surface area contributed by atoms with Gasteiger partial charge >= 0.3 is 0 Å². The Balaban J connectivity index is 1.82. The Hall–Kier alpha value is -2.63. The van der Waals surface area contributed by atoms with Gasteiger partial charge in [-0.3, -0.25) is 14.3 Å². The van der Waals surface area contributed by atoms with Gasteiger partial charge in [0, 0.05) is 25.4 Å². The van der Waals surface area contributed by atoms with E-state index in [0.29, 0.717) is 30.1 Å². The minimum atomic E-state index is -0.495. The highest BCUT2D eigenvalue weighted by molar-refractivity contribution is 6.03. The highest BCUT2D eigenvalue weighted by Crippen LogP contribution is 2.27. The summed E-state index contributed by atoms with van der Waals surface area (Å²) in [4.78, 5) is 27.2. The highest BCUT2D eigenvalue weighted by Gasteiger charge is 2.36. The highest BCUT2D eigenvalue weighted by atomic mass is 16.2. The van der Waals surface area contributed by atoms with Crippen LogP contribution >= 0.6 is 0 Å². The zero-order valence-electron chi connectivity index (χ0n) is 14.2. The smallest absolute Gasteiger partial charge is 0.255 e. The second-order valence-corrected chi connectivity index (χ2v) is 6.63. The van der Waals surface area contributed by atoms with Crippen LogP contribution in [0.5, 0.6) is 0 Å². The second-order valence-electron chi connectivity index (χ2n) is 6.63. The van der Waals surface area contributed by atoms with Crippen molar-refractivity contribution in [2.45, 2.75) is 32.9 Å². The lowest BCUT2D eigenvalue weighted by Gasteiger charge is -2.28. The van der Waals surface area contributed by atoms with E-state index < -0.39 is 6.04 Å². The summed E-state index contributed by atoms with van der Waals surface area (Å²) < 4.78 is 1.63. The van der Waals surface area contributed by atoms with E-state index in [1.54, 1.807) is 29.0 Å². The average Bonchev–Trinajstić information content (AvgIpc) is 3.09. The third-order valence-corrected chi connectivity index (χ3v) is 4.20. The number of amides is 2. The van der Waals surface area contributed by atoms with Crippen molar-refractivity contribution in [3.63, 3.8) is 0 Å². The summed E-state index contributed by atoms with van der Waals surface area (Å²) in [5.74, 6) is 0.0570. The molecule has 3 rings (SSSR count). The zero-order chi connectivity index (χ0) is 17.3. The molecular weight excluding hydrogens is 304 g/mol. The van der Waals surface area contributed by atoms with Crippen LogP contribution in [0.2, 0.25) is 0 Å². The number of hydrogen-bond donors (Lipinski definition) is 1. The predicted molar refractivity (Wildman–Crippen MR) is 91.4 cm³/mol. The Morgan fingerprint density at radius 1 is 1.33 bits per heavy atom. The fraction of sp³-hybridized carbons (Fsp3) is 0.389. The molecule has 126 valence electrons. The van der Waals surface area contributed by atoms with Crippen LogP contribution < -0.4 is 5.32 Å². The number of aryl methyl sites for hydroxylation is 1. The average molecular weight is 326 g/mol. The number of hydrogen-bond acceptors (Lipinski definition) is 3. The number of benzene rings is 1. The molecule has 0 spiro atoms. The molecule has 1 aromatic carbocycles. The van der Waals surface area contributed by atoms with E-state index in [0.717, 1.165) is 5.56 Å². The van der Waals surface area contributed by atoms with Crippen molar-refractivity contribution in [3.05, 3.63) is 47.8 Å². The molecule has 0 unspecified atom stereocenters. The lowest BCUT2D eigenvalue weighted by Crippen LogP contribution is -2.45. The van der Waals surface area contributed by atoms with Crippen LogP contribution in [0.3, 0.4) is 0 Å². The first-order chi connectivity index (χ1) is 11.5. The molecule has 0 saturated carbocycles. The number of nitrogens with zero attached hydrogens (tertiary/aromatic N) is 3. The molecule has 0 fully saturated rings. The molecule has 0 saturated heterocycles. The monoisotopic (exact) mass is 326 g/mol. The molecule has 1 N–H and O–H groups in total. The summed E-state index contributed by atoms with van der Waals surface area (Å²) >= 11 is 0. The van der Waals surface area contributed by atoms with Crippen molar-refractivity contribution in [1.29, 1.82) is 0 Å². The number of fused-ring (bicyclic) bond motifs is 1. The maximum absolute atomic E-state index is 12.8. The van der Waals surface area contributed by atoms with Crippen molar-refractivity contribution < 1.29 is 9.59 Å². The van der Waals surface area contributed by atoms with Gasteiger partial charge < -0.3 is 10.2 Å². The third-order valence-electron chi connectivity index (χ3n) is 4.20. The van der Waals surface area contributed by atoms with E-state index in [9.17, 15) is 9.59 Å². The Labute approximate surface area is 141 Å². The van der Waals surface area contributed by atoms with Crippen LogP contribution in [-0.2, 0) is 18.4 Å². The second kappa shape index (κ2) is 6.47. The molecule has 6 nitrogen and oxygen atoms in total. The quantitative estimate of drug-likeness (QED) is 0.917. The predicted octanol–water partition coefficient (Wildman–Crippen LogP) is 2.43. The first-order valence-electron chi connectivity index (χ1n) is 8.14. The third kappa shape index (κ3) is 3.18. The van der Waals surface area contributed by atoms with Crippen LogP contribution in [0.4, 0.5) is 5.69 Å². The summed E-state index contributed by atoms with van der Waals surface area (Å²) in [5.41, 5.74) is 2.31. The Morgan fingerprint density at radius 2 is 2.08 bits per heavy atom. The van der Waals surface area contributed by atoms with Gasteiger partial charge in [-0.25, -0.2) is 0 Å². The molecule has 6 heteroatoms. The van der Waals surface area contributed by atoms with Gasteiger partial charge in [-0.05, 0) is 24.0 Å². The minimum absolute atomic E-state index is 0.0717. The lowest BCUT2D eigenvalue weighted by atomic mass is 10.0. The van der Waals surface area contributed by atoms with Crippen molar-refractivity contribution >= 4 is 17.5 Å². The van der Waals surface area contributed by atoms with Gasteiger partial charge in [0.2, 0.25) is 5.91 Å². The molecule has 1 aliphatic rings. The normalized spacial score (nSPS) is 14.8. The molecule has 0 radical (unpaired) electrons. The summed E-state index contributed by atoms with van der Waals surface area (Å²) in [5, 5.41) is 6.93. The van der Waals surface area contributed by atoms with E-state index >= 15 is 0 Å². The standard InChI is InChI=1S/C18H22N4O2/c1-12(2)8-16(17(23)20-14-9-19-21(3)11-14)22-10-13-6-4-5-7-15(13)18(22)24/h4-7,9,11-12,16H,8,10H2,1-3H3,(H,20,23)/t16-/m1/s1. The van der Waals surface area contributed by atoms with Crippen molar-refractivity contribution in [1.82, 2.24) is 14.7 Å². The van der Waals surface area contributed by atoms with E-state index in [1.807, 2.05) is 24.3 Å². The number of aromatic nitrogens is 2. The lowest BCUT2D eigenvalue weighted by molar-refractivity contribution is -0.121.